The Labute approximate surface area is 210 Å². The van der Waals surface area contributed by atoms with Gasteiger partial charge in [0.1, 0.15) is 23.7 Å². The third-order valence-corrected chi connectivity index (χ3v) is 6.12. The smallest absolute Gasteiger partial charge is 0.247 e. The minimum atomic E-state index is -0.557. The van der Waals surface area contributed by atoms with Crippen molar-refractivity contribution in [2.45, 2.75) is 31.9 Å². The monoisotopic (exact) mass is 483 g/mol. The van der Waals surface area contributed by atoms with Crippen molar-refractivity contribution in [2.24, 2.45) is 0 Å². The molecule has 36 heavy (non-hydrogen) atoms. The standard InChI is InChI=1S/C28H29N5O3/c1-20(34)33-16-14-25(19-33)36-24-11-12-26(31-18-24)32-28(35)27(23-5-3-2-4-6-23)30-15-13-21-7-9-22(17-29)10-8-21/h2-12,18,25,27,30H,13-16,19H2,1H3,(H,31,32,35)/t25-,27?/m0/s1. The Kier molecular flexibility index (Phi) is 8.27. The van der Waals surface area contributed by atoms with Crippen LogP contribution in [-0.2, 0) is 16.0 Å². The zero-order valence-electron chi connectivity index (χ0n) is 20.2. The van der Waals surface area contributed by atoms with Gasteiger partial charge in [0.25, 0.3) is 0 Å². The molecule has 8 heteroatoms. The number of rotatable bonds is 9. The molecular weight excluding hydrogens is 454 g/mol. The molecule has 3 aromatic rings. The van der Waals surface area contributed by atoms with E-state index in [4.69, 9.17) is 10.00 Å². The first-order valence-electron chi connectivity index (χ1n) is 12.0. The molecule has 0 radical (unpaired) electrons. The maximum atomic E-state index is 13.2. The summed E-state index contributed by atoms with van der Waals surface area (Å²) in [5.74, 6) is 0.869. The van der Waals surface area contributed by atoms with E-state index in [0.717, 1.165) is 24.0 Å². The predicted octanol–water partition coefficient (Wildman–Crippen LogP) is 3.46. The average molecular weight is 484 g/mol. The van der Waals surface area contributed by atoms with Gasteiger partial charge in [-0.15, -0.1) is 0 Å². The zero-order valence-corrected chi connectivity index (χ0v) is 20.2. The van der Waals surface area contributed by atoms with E-state index in [2.05, 4.69) is 21.7 Å². The lowest BCUT2D eigenvalue weighted by atomic mass is 10.1. The Morgan fingerprint density at radius 1 is 1.14 bits per heavy atom. The lowest BCUT2D eigenvalue weighted by molar-refractivity contribution is -0.128. The van der Waals surface area contributed by atoms with E-state index >= 15 is 0 Å². The second-order valence-electron chi connectivity index (χ2n) is 8.72. The lowest BCUT2D eigenvalue weighted by Gasteiger charge is -2.19. The molecule has 2 N–H and O–H groups in total. The lowest BCUT2D eigenvalue weighted by Crippen LogP contribution is -2.34. The van der Waals surface area contributed by atoms with Crippen LogP contribution in [0.2, 0.25) is 0 Å². The fourth-order valence-corrected chi connectivity index (χ4v) is 4.14. The molecule has 0 spiro atoms. The molecular formula is C28H29N5O3. The molecule has 1 aromatic heterocycles. The van der Waals surface area contributed by atoms with Crippen LogP contribution in [0.3, 0.4) is 0 Å². The van der Waals surface area contributed by atoms with Crippen molar-refractivity contribution in [3.63, 3.8) is 0 Å². The minimum absolute atomic E-state index is 0.0516. The van der Waals surface area contributed by atoms with E-state index in [-0.39, 0.29) is 17.9 Å². The molecule has 1 saturated heterocycles. The van der Waals surface area contributed by atoms with Crippen molar-refractivity contribution in [1.29, 1.82) is 5.26 Å². The van der Waals surface area contributed by atoms with E-state index < -0.39 is 6.04 Å². The summed E-state index contributed by atoms with van der Waals surface area (Å²) in [7, 11) is 0. The van der Waals surface area contributed by atoms with Gasteiger partial charge in [-0.25, -0.2) is 4.98 Å². The first-order valence-corrected chi connectivity index (χ1v) is 12.0. The number of likely N-dealkylation sites (tertiary alicyclic amines) is 1. The number of amides is 2. The number of ether oxygens (including phenoxy) is 1. The number of nitrogens with one attached hydrogen (secondary N) is 2. The summed E-state index contributed by atoms with van der Waals surface area (Å²) < 4.78 is 5.94. The summed E-state index contributed by atoms with van der Waals surface area (Å²) in [5, 5.41) is 15.2. The summed E-state index contributed by atoms with van der Waals surface area (Å²) in [6.45, 7) is 3.41. The molecule has 184 valence electrons. The van der Waals surface area contributed by atoms with Crippen molar-refractivity contribution >= 4 is 17.6 Å². The van der Waals surface area contributed by atoms with Gasteiger partial charge in [0.05, 0.1) is 24.4 Å². The average Bonchev–Trinajstić information content (AvgIpc) is 3.37. The number of pyridine rings is 1. The van der Waals surface area contributed by atoms with Crippen molar-refractivity contribution < 1.29 is 14.3 Å². The van der Waals surface area contributed by atoms with Crippen LogP contribution in [0.15, 0.2) is 72.9 Å². The van der Waals surface area contributed by atoms with Gasteiger partial charge in [0.15, 0.2) is 0 Å². The van der Waals surface area contributed by atoms with Crippen molar-refractivity contribution in [3.8, 4) is 11.8 Å². The summed E-state index contributed by atoms with van der Waals surface area (Å²) in [5.41, 5.74) is 2.56. The largest absolute Gasteiger partial charge is 0.487 e. The van der Waals surface area contributed by atoms with Crippen LogP contribution in [0.5, 0.6) is 5.75 Å². The molecule has 2 aromatic carbocycles. The third kappa shape index (κ3) is 6.68. The highest BCUT2D eigenvalue weighted by molar-refractivity contribution is 5.94. The van der Waals surface area contributed by atoms with Crippen LogP contribution < -0.4 is 15.4 Å². The Bertz CT molecular complexity index is 1210. The number of anilines is 1. The Hall–Kier alpha value is -4.22. The van der Waals surface area contributed by atoms with Gasteiger partial charge >= 0.3 is 0 Å². The molecule has 0 aliphatic carbocycles. The van der Waals surface area contributed by atoms with Crippen LogP contribution in [0.1, 0.15) is 36.1 Å². The number of carbonyl (C=O) groups is 2. The highest BCUT2D eigenvalue weighted by Gasteiger charge is 2.26. The van der Waals surface area contributed by atoms with Crippen LogP contribution >= 0.6 is 0 Å². The highest BCUT2D eigenvalue weighted by Crippen LogP contribution is 2.20. The van der Waals surface area contributed by atoms with Crippen LogP contribution in [0, 0.1) is 11.3 Å². The number of carbonyl (C=O) groups excluding carboxylic acids is 2. The van der Waals surface area contributed by atoms with Crippen LogP contribution in [0.25, 0.3) is 0 Å². The van der Waals surface area contributed by atoms with Gasteiger partial charge < -0.3 is 20.3 Å². The molecule has 0 saturated carbocycles. The summed E-state index contributed by atoms with van der Waals surface area (Å²) in [4.78, 5) is 30.8. The van der Waals surface area contributed by atoms with E-state index in [1.165, 1.54) is 0 Å². The maximum absolute atomic E-state index is 13.2. The first kappa shape index (κ1) is 24.9. The minimum Gasteiger partial charge on any atom is -0.487 e. The molecule has 1 fully saturated rings. The second kappa shape index (κ2) is 12.0. The predicted molar refractivity (Wildman–Crippen MR) is 136 cm³/mol. The Morgan fingerprint density at radius 2 is 1.92 bits per heavy atom. The number of nitriles is 1. The number of aromatic nitrogens is 1. The summed E-state index contributed by atoms with van der Waals surface area (Å²) in [6, 6.07) is 22.0. The van der Waals surface area contributed by atoms with Gasteiger partial charge in [-0.3, -0.25) is 9.59 Å². The molecule has 2 atom stereocenters. The van der Waals surface area contributed by atoms with Gasteiger partial charge in [-0.1, -0.05) is 42.5 Å². The quantitative estimate of drug-likeness (QED) is 0.483. The fourth-order valence-electron chi connectivity index (χ4n) is 4.14. The van der Waals surface area contributed by atoms with Crippen molar-refractivity contribution in [2.75, 3.05) is 25.0 Å². The van der Waals surface area contributed by atoms with Gasteiger partial charge in [0, 0.05) is 26.4 Å². The van der Waals surface area contributed by atoms with E-state index in [1.807, 2.05) is 42.5 Å². The normalized spacial score (nSPS) is 15.7. The van der Waals surface area contributed by atoms with E-state index in [9.17, 15) is 9.59 Å². The maximum Gasteiger partial charge on any atom is 0.247 e. The van der Waals surface area contributed by atoms with E-state index in [1.54, 1.807) is 42.3 Å². The van der Waals surface area contributed by atoms with Gasteiger partial charge in [0.2, 0.25) is 11.8 Å². The molecule has 2 heterocycles. The molecule has 1 aliphatic heterocycles. The number of nitrogens with zero attached hydrogens (tertiary/aromatic N) is 3. The molecule has 8 nitrogen and oxygen atoms in total. The van der Waals surface area contributed by atoms with Crippen molar-refractivity contribution in [1.82, 2.24) is 15.2 Å². The molecule has 0 bridgehead atoms. The molecule has 1 aliphatic rings. The van der Waals surface area contributed by atoms with Crippen LogP contribution in [0.4, 0.5) is 5.82 Å². The number of hydrogen-bond donors (Lipinski definition) is 2. The summed E-state index contributed by atoms with van der Waals surface area (Å²) >= 11 is 0. The Balaban J connectivity index is 1.35. The topological polar surface area (TPSA) is 107 Å². The summed E-state index contributed by atoms with van der Waals surface area (Å²) in [6.07, 6.45) is 3.03. The highest BCUT2D eigenvalue weighted by atomic mass is 16.5. The number of benzene rings is 2. The van der Waals surface area contributed by atoms with Gasteiger partial charge in [-0.05, 0) is 41.8 Å². The molecule has 4 rings (SSSR count). The first-order chi connectivity index (χ1) is 17.5. The zero-order chi connectivity index (χ0) is 25.3. The third-order valence-electron chi connectivity index (χ3n) is 6.12. The number of hydrogen-bond acceptors (Lipinski definition) is 6. The fraction of sp³-hybridized carbons (Fsp3) is 0.286. The van der Waals surface area contributed by atoms with Crippen molar-refractivity contribution in [3.05, 3.63) is 89.6 Å². The SMILES string of the molecule is CC(=O)N1CC[C@H](Oc2ccc(NC(=O)C(NCCc3ccc(C#N)cc3)c3ccccc3)nc2)C1. The van der Waals surface area contributed by atoms with Crippen LogP contribution in [-0.4, -0.2) is 47.4 Å². The molecule has 1 unspecified atom stereocenters. The van der Waals surface area contributed by atoms with E-state index in [0.29, 0.717) is 36.8 Å². The molecule has 2 amide bonds. The second-order valence-corrected chi connectivity index (χ2v) is 8.72. The Morgan fingerprint density at radius 3 is 2.56 bits per heavy atom. The van der Waals surface area contributed by atoms with Gasteiger partial charge in [-0.2, -0.15) is 5.26 Å².